The molecule has 82 valence electrons. The predicted molar refractivity (Wildman–Crippen MR) is 60.5 cm³/mol. The molecular formula is C12H18N2O. The Kier molecular flexibility index (Phi) is 3.72. The van der Waals surface area contributed by atoms with Crippen molar-refractivity contribution >= 4 is 0 Å². The predicted octanol–water partition coefficient (Wildman–Crippen LogP) is 1.06. The van der Waals surface area contributed by atoms with Gasteiger partial charge in [0, 0.05) is 13.1 Å². The molecule has 1 aromatic carbocycles. The molecule has 1 fully saturated rings. The number of likely N-dealkylation sites (N-methyl/N-ethyl adjacent to an activating group) is 1. The summed E-state index contributed by atoms with van der Waals surface area (Å²) in [4.78, 5) is 2.42. The minimum Gasteiger partial charge on any atom is -0.377 e. The Labute approximate surface area is 91.0 Å². The van der Waals surface area contributed by atoms with E-state index in [0.717, 1.165) is 26.3 Å². The molecule has 3 heteroatoms. The molecule has 15 heavy (non-hydrogen) atoms. The molecule has 1 atom stereocenters. The normalized spacial score (nSPS) is 22.9. The smallest absolute Gasteiger partial charge is 0.0839 e. The molecular weight excluding hydrogens is 188 g/mol. The standard InChI is InChI=1S/C12H18N2O/c1-13-12-10-15-8-7-14(12)9-11-5-3-2-4-6-11/h2-6,12-13H,7-10H2,1H3. The van der Waals surface area contributed by atoms with Crippen molar-refractivity contribution in [2.75, 3.05) is 26.8 Å². The number of nitrogens with one attached hydrogen (secondary N) is 1. The van der Waals surface area contributed by atoms with Gasteiger partial charge in [-0.05, 0) is 12.6 Å². The van der Waals surface area contributed by atoms with Gasteiger partial charge in [0.15, 0.2) is 0 Å². The molecule has 1 heterocycles. The highest BCUT2D eigenvalue weighted by molar-refractivity contribution is 5.14. The summed E-state index contributed by atoms with van der Waals surface area (Å²) in [6, 6.07) is 10.6. The molecule has 0 aliphatic carbocycles. The van der Waals surface area contributed by atoms with Gasteiger partial charge in [-0.3, -0.25) is 4.90 Å². The first-order valence-electron chi connectivity index (χ1n) is 5.43. The summed E-state index contributed by atoms with van der Waals surface area (Å²) in [5.74, 6) is 0. The SMILES string of the molecule is CNC1COCCN1Cc1ccccc1. The number of morpholine rings is 1. The second kappa shape index (κ2) is 5.26. The molecule has 1 aliphatic heterocycles. The topological polar surface area (TPSA) is 24.5 Å². The summed E-state index contributed by atoms with van der Waals surface area (Å²) in [6.45, 7) is 3.62. The number of ether oxygens (including phenoxy) is 1. The molecule has 1 N–H and O–H groups in total. The van der Waals surface area contributed by atoms with Gasteiger partial charge in [-0.1, -0.05) is 30.3 Å². The second-order valence-electron chi connectivity index (χ2n) is 3.84. The molecule has 1 unspecified atom stereocenters. The van der Waals surface area contributed by atoms with Crippen molar-refractivity contribution in [1.82, 2.24) is 10.2 Å². The van der Waals surface area contributed by atoms with E-state index in [4.69, 9.17) is 4.74 Å². The van der Waals surface area contributed by atoms with E-state index in [2.05, 4.69) is 40.5 Å². The van der Waals surface area contributed by atoms with Crippen LogP contribution in [0.4, 0.5) is 0 Å². The Bertz CT molecular complexity index is 289. The van der Waals surface area contributed by atoms with Crippen LogP contribution >= 0.6 is 0 Å². The largest absolute Gasteiger partial charge is 0.377 e. The van der Waals surface area contributed by atoms with Crippen LogP contribution in [0.2, 0.25) is 0 Å². The van der Waals surface area contributed by atoms with Gasteiger partial charge in [0.05, 0.1) is 19.4 Å². The molecule has 1 aliphatic rings. The van der Waals surface area contributed by atoms with Crippen molar-refractivity contribution in [3.8, 4) is 0 Å². The van der Waals surface area contributed by atoms with Gasteiger partial charge in [-0.15, -0.1) is 0 Å². The van der Waals surface area contributed by atoms with Gasteiger partial charge in [-0.2, -0.15) is 0 Å². The van der Waals surface area contributed by atoms with Crippen molar-refractivity contribution in [3.05, 3.63) is 35.9 Å². The fraction of sp³-hybridized carbons (Fsp3) is 0.500. The van der Waals surface area contributed by atoms with E-state index in [9.17, 15) is 0 Å². The van der Waals surface area contributed by atoms with Crippen molar-refractivity contribution in [2.45, 2.75) is 12.7 Å². The monoisotopic (exact) mass is 206 g/mol. The molecule has 2 rings (SSSR count). The lowest BCUT2D eigenvalue weighted by Crippen LogP contribution is -2.51. The van der Waals surface area contributed by atoms with Crippen LogP contribution in [-0.4, -0.2) is 37.9 Å². The lowest BCUT2D eigenvalue weighted by atomic mass is 10.2. The Morgan fingerprint density at radius 2 is 2.20 bits per heavy atom. The quantitative estimate of drug-likeness (QED) is 0.800. The lowest BCUT2D eigenvalue weighted by Gasteiger charge is -2.35. The van der Waals surface area contributed by atoms with Crippen LogP contribution in [0.15, 0.2) is 30.3 Å². The third-order valence-electron chi connectivity index (χ3n) is 2.80. The molecule has 0 amide bonds. The van der Waals surface area contributed by atoms with Gasteiger partial charge in [0.1, 0.15) is 0 Å². The molecule has 0 saturated carbocycles. The van der Waals surface area contributed by atoms with E-state index in [1.807, 2.05) is 7.05 Å². The van der Waals surface area contributed by atoms with Gasteiger partial charge in [0.25, 0.3) is 0 Å². The minimum atomic E-state index is 0.346. The van der Waals surface area contributed by atoms with Crippen molar-refractivity contribution in [3.63, 3.8) is 0 Å². The maximum absolute atomic E-state index is 5.44. The Balaban J connectivity index is 1.97. The molecule has 1 saturated heterocycles. The van der Waals surface area contributed by atoms with Gasteiger partial charge >= 0.3 is 0 Å². The van der Waals surface area contributed by atoms with Gasteiger partial charge in [-0.25, -0.2) is 0 Å². The molecule has 1 aromatic rings. The van der Waals surface area contributed by atoms with E-state index in [-0.39, 0.29) is 0 Å². The average Bonchev–Trinajstić information content (AvgIpc) is 2.31. The first-order valence-corrected chi connectivity index (χ1v) is 5.43. The highest BCUT2D eigenvalue weighted by Gasteiger charge is 2.20. The van der Waals surface area contributed by atoms with Crippen LogP contribution in [0.5, 0.6) is 0 Å². The van der Waals surface area contributed by atoms with Gasteiger partial charge < -0.3 is 10.1 Å². The number of benzene rings is 1. The van der Waals surface area contributed by atoms with E-state index in [1.165, 1.54) is 5.56 Å². The molecule has 0 bridgehead atoms. The summed E-state index contributed by atoms with van der Waals surface area (Å²) in [7, 11) is 1.98. The zero-order valence-electron chi connectivity index (χ0n) is 9.15. The van der Waals surface area contributed by atoms with E-state index in [1.54, 1.807) is 0 Å². The molecule has 0 spiro atoms. The Morgan fingerprint density at radius 3 is 2.93 bits per heavy atom. The van der Waals surface area contributed by atoms with Crippen LogP contribution in [0.3, 0.4) is 0 Å². The van der Waals surface area contributed by atoms with Crippen LogP contribution < -0.4 is 5.32 Å². The van der Waals surface area contributed by atoms with Gasteiger partial charge in [0.2, 0.25) is 0 Å². The summed E-state index contributed by atoms with van der Waals surface area (Å²) in [5.41, 5.74) is 1.36. The summed E-state index contributed by atoms with van der Waals surface area (Å²) in [6.07, 6.45) is 0.346. The maximum atomic E-state index is 5.44. The number of rotatable bonds is 3. The minimum absolute atomic E-state index is 0.346. The van der Waals surface area contributed by atoms with Crippen LogP contribution in [-0.2, 0) is 11.3 Å². The zero-order valence-corrected chi connectivity index (χ0v) is 9.15. The van der Waals surface area contributed by atoms with Crippen LogP contribution in [0, 0.1) is 0 Å². The lowest BCUT2D eigenvalue weighted by molar-refractivity contribution is -0.0216. The fourth-order valence-electron chi connectivity index (χ4n) is 1.91. The van der Waals surface area contributed by atoms with E-state index >= 15 is 0 Å². The number of nitrogens with zero attached hydrogens (tertiary/aromatic N) is 1. The van der Waals surface area contributed by atoms with Crippen LogP contribution in [0.1, 0.15) is 5.56 Å². The first-order chi connectivity index (χ1) is 7.40. The summed E-state index contributed by atoms with van der Waals surface area (Å²) in [5, 5.41) is 3.28. The highest BCUT2D eigenvalue weighted by atomic mass is 16.5. The summed E-state index contributed by atoms with van der Waals surface area (Å²) < 4.78 is 5.44. The second-order valence-corrected chi connectivity index (χ2v) is 3.84. The maximum Gasteiger partial charge on any atom is 0.0839 e. The zero-order chi connectivity index (χ0) is 10.5. The van der Waals surface area contributed by atoms with E-state index < -0.39 is 0 Å². The highest BCUT2D eigenvalue weighted by Crippen LogP contribution is 2.10. The first kappa shape index (κ1) is 10.6. The third-order valence-corrected chi connectivity index (χ3v) is 2.80. The number of hydrogen-bond acceptors (Lipinski definition) is 3. The third kappa shape index (κ3) is 2.78. The summed E-state index contributed by atoms with van der Waals surface area (Å²) >= 11 is 0. The Morgan fingerprint density at radius 1 is 1.40 bits per heavy atom. The fourth-order valence-corrected chi connectivity index (χ4v) is 1.91. The molecule has 3 nitrogen and oxygen atoms in total. The average molecular weight is 206 g/mol. The molecule has 0 aromatic heterocycles. The van der Waals surface area contributed by atoms with Crippen molar-refractivity contribution in [2.24, 2.45) is 0 Å². The van der Waals surface area contributed by atoms with Crippen LogP contribution in [0.25, 0.3) is 0 Å². The Hall–Kier alpha value is -0.900. The van der Waals surface area contributed by atoms with Crippen molar-refractivity contribution < 1.29 is 4.74 Å². The van der Waals surface area contributed by atoms with E-state index in [0.29, 0.717) is 6.17 Å². The molecule has 0 radical (unpaired) electrons. The number of hydrogen-bond donors (Lipinski definition) is 1. The van der Waals surface area contributed by atoms with Crippen molar-refractivity contribution in [1.29, 1.82) is 0 Å².